The third-order valence-electron chi connectivity index (χ3n) is 8.88. The first-order chi connectivity index (χ1) is 18.5. The predicted octanol–water partition coefficient (Wildman–Crippen LogP) is 4.00. The number of benzene rings is 1. The van der Waals surface area contributed by atoms with Crippen molar-refractivity contribution in [2.45, 2.75) is 50.8 Å². The molecule has 1 aromatic carbocycles. The first-order valence-corrected chi connectivity index (χ1v) is 14.0. The number of aromatic nitrogens is 1. The second-order valence-electron chi connectivity index (χ2n) is 11.2. The lowest BCUT2D eigenvalue weighted by Crippen LogP contribution is -2.61. The number of pyridine rings is 1. The Kier molecular flexibility index (Phi) is 7.12. The lowest BCUT2D eigenvalue weighted by atomic mass is 9.89. The van der Waals surface area contributed by atoms with E-state index in [-0.39, 0.29) is 5.91 Å². The average molecular weight is 518 g/mol. The van der Waals surface area contributed by atoms with Gasteiger partial charge in [-0.05, 0) is 74.1 Å². The van der Waals surface area contributed by atoms with E-state index in [0.29, 0.717) is 24.6 Å². The maximum atomic E-state index is 11.9. The smallest absolute Gasteiger partial charge is 0.246 e. The van der Waals surface area contributed by atoms with E-state index in [4.69, 9.17) is 14.5 Å². The second-order valence-corrected chi connectivity index (χ2v) is 11.2. The Balaban J connectivity index is 1.21. The van der Waals surface area contributed by atoms with Crippen LogP contribution in [0.4, 0.5) is 11.5 Å². The molecule has 0 bridgehead atoms. The van der Waals surface area contributed by atoms with Gasteiger partial charge in [0.05, 0.1) is 5.69 Å². The Labute approximate surface area is 225 Å². The molecule has 3 saturated heterocycles. The SMILES string of the molecule is C=CC(=O)N1CC(N2CCC(c3cc(C)c4c(c3)Nc3nccc(C5CCOCC5)c3CO4)N(C)CC2)C1. The third kappa shape index (κ3) is 4.81. The highest BCUT2D eigenvalue weighted by Crippen LogP contribution is 2.42. The van der Waals surface area contributed by atoms with Crippen LogP contribution in [0.1, 0.15) is 53.5 Å². The number of hydrogen-bond acceptors (Lipinski definition) is 7. The summed E-state index contributed by atoms with van der Waals surface area (Å²) in [5.74, 6) is 2.36. The Bertz CT molecular complexity index is 1200. The summed E-state index contributed by atoms with van der Waals surface area (Å²) in [7, 11) is 2.23. The van der Waals surface area contributed by atoms with Crippen molar-refractivity contribution in [2.24, 2.45) is 0 Å². The number of rotatable bonds is 4. The topological polar surface area (TPSA) is 70.2 Å². The Morgan fingerprint density at radius 2 is 1.97 bits per heavy atom. The first-order valence-electron chi connectivity index (χ1n) is 14.0. The van der Waals surface area contributed by atoms with Gasteiger partial charge in [0.25, 0.3) is 0 Å². The molecule has 0 saturated carbocycles. The van der Waals surface area contributed by atoms with Crippen LogP contribution >= 0.6 is 0 Å². The van der Waals surface area contributed by atoms with Crippen LogP contribution in [0.3, 0.4) is 0 Å². The molecule has 0 aliphatic carbocycles. The van der Waals surface area contributed by atoms with E-state index in [1.165, 1.54) is 22.8 Å². The van der Waals surface area contributed by atoms with Gasteiger partial charge in [0.1, 0.15) is 18.2 Å². The summed E-state index contributed by atoms with van der Waals surface area (Å²) in [6.45, 7) is 12.6. The molecule has 5 heterocycles. The van der Waals surface area contributed by atoms with E-state index in [9.17, 15) is 4.79 Å². The van der Waals surface area contributed by atoms with E-state index in [1.54, 1.807) is 0 Å². The molecule has 3 fully saturated rings. The zero-order chi connectivity index (χ0) is 26.2. The molecule has 1 amide bonds. The lowest BCUT2D eigenvalue weighted by molar-refractivity contribution is -0.133. The highest BCUT2D eigenvalue weighted by atomic mass is 16.5. The van der Waals surface area contributed by atoms with E-state index in [2.05, 4.69) is 53.9 Å². The third-order valence-corrected chi connectivity index (χ3v) is 8.88. The molecule has 1 aromatic heterocycles. The van der Waals surface area contributed by atoms with Crippen LogP contribution in [0.5, 0.6) is 5.75 Å². The van der Waals surface area contributed by atoms with Crippen molar-refractivity contribution in [1.82, 2.24) is 19.7 Å². The molecule has 1 N–H and O–H groups in total. The van der Waals surface area contributed by atoms with Gasteiger partial charge >= 0.3 is 0 Å². The van der Waals surface area contributed by atoms with E-state index < -0.39 is 0 Å². The number of fused-ring (bicyclic) bond motifs is 2. The molecule has 8 nitrogen and oxygen atoms in total. The van der Waals surface area contributed by atoms with Crippen LogP contribution in [-0.2, 0) is 16.1 Å². The molecular weight excluding hydrogens is 478 g/mol. The molecule has 1 atom stereocenters. The average Bonchev–Trinajstić information content (AvgIpc) is 3.22. The largest absolute Gasteiger partial charge is 0.486 e. The molecule has 8 heteroatoms. The standard InChI is InChI=1S/C30H39N5O3/c1-4-28(36)35-17-23(18-35)34-10-6-27(33(3)11-12-34)22-15-20(2)29-26(16-22)32-30-25(19-38-29)24(5-9-31-30)21-7-13-37-14-8-21/h4-5,9,15-16,21,23,27H,1,6-8,10-14,17-19H2,2-3H3,(H,31,32). The number of likely N-dealkylation sites (tertiary alicyclic amines) is 1. The van der Waals surface area contributed by atoms with Gasteiger partial charge in [-0.25, -0.2) is 4.98 Å². The van der Waals surface area contributed by atoms with Gasteiger partial charge in [0.15, 0.2) is 0 Å². The quantitative estimate of drug-likeness (QED) is 0.615. The second kappa shape index (κ2) is 10.7. The van der Waals surface area contributed by atoms with Crippen LogP contribution in [0.2, 0.25) is 0 Å². The minimum atomic E-state index is 0.0391. The van der Waals surface area contributed by atoms with Crippen LogP contribution in [0.25, 0.3) is 0 Å². The normalized spacial score (nSPS) is 23.2. The lowest BCUT2D eigenvalue weighted by Gasteiger charge is -2.44. The number of carbonyl (C=O) groups is 1. The molecule has 2 aromatic rings. The van der Waals surface area contributed by atoms with Crippen LogP contribution in [0, 0.1) is 6.92 Å². The maximum absolute atomic E-state index is 11.9. The first kappa shape index (κ1) is 25.3. The molecule has 1 unspecified atom stereocenters. The van der Waals surface area contributed by atoms with E-state index in [0.717, 1.165) is 88.0 Å². The number of anilines is 2. The number of nitrogens with one attached hydrogen (secondary N) is 1. The Morgan fingerprint density at radius 1 is 1.16 bits per heavy atom. The summed E-state index contributed by atoms with van der Waals surface area (Å²) in [6.07, 6.45) is 6.48. The number of amides is 1. The molecule has 4 aliphatic heterocycles. The summed E-state index contributed by atoms with van der Waals surface area (Å²) in [6, 6.07) is 7.50. The molecule has 0 spiro atoms. The monoisotopic (exact) mass is 517 g/mol. The van der Waals surface area contributed by atoms with Crippen molar-refractivity contribution in [3.05, 3.63) is 59.3 Å². The van der Waals surface area contributed by atoms with Gasteiger partial charge in [-0.3, -0.25) is 14.6 Å². The fourth-order valence-electron chi connectivity index (χ4n) is 6.55. The number of carbonyl (C=O) groups excluding carboxylic acids is 1. The zero-order valence-electron chi connectivity index (χ0n) is 22.6. The van der Waals surface area contributed by atoms with Crippen molar-refractivity contribution >= 4 is 17.4 Å². The minimum Gasteiger partial charge on any atom is -0.486 e. The summed E-state index contributed by atoms with van der Waals surface area (Å²) < 4.78 is 12.0. The molecule has 202 valence electrons. The molecule has 0 radical (unpaired) electrons. The fourth-order valence-corrected chi connectivity index (χ4v) is 6.55. The molecule has 38 heavy (non-hydrogen) atoms. The maximum Gasteiger partial charge on any atom is 0.246 e. The number of nitrogens with zero attached hydrogens (tertiary/aromatic N) is 4. The number of likely N-dealkylation sites (N-methyl/N-ethyl adjacent to an activating group) is 1. The highest BCUT2D eigenvalue weighted by Gasteiger charge is 2.36. The summed E-state index contributed by atoms with van der Waals surface area (Å²) in [4.78, 5) is 23.5. The van der Waals surface area contributed by atoms with Crippen molar-refractivity contribution in [3.8, 4) is 5.75 Å². The van der Waals surface area contributed by atoms with Gasteiger partial charge in [0.2, 0.25) is 5.91 Å². The van der Waals surface area contributed by atoms with Crippen molar-refractivity contribution < 1.29 is 14.3 Å². The van der Waals surface area contributed by atoms with E-state index >= 15 is 0 Å². The Hall–Kier alpha value is -2.94. The van der Waals surface area contributed by atoms with Crippen LogP contribution in [0.15, 0.2) is 37.1 Å². The molecule has 6 rings (SSSR count). The summed E-state index contributed by atoms with van der Waals surface area (Å²) >= 11 is 0. The van der Waals surface area contributed by atoms with Crippen molar-refractivity contribution in [1.29, 1.82) is 0 Å². The number of aryl methyl sites for hydroxylation is 1. The van der Waals surface area contributed by atoms with Crippen molar-refractivity contribution in [3.63, 3.8) is 0 Å². The van der Waals surface area contributed by atoms with Crippen LogP contribution < -0.4 is 10.1 Å². The highest BCUT2D eigenvalue weighted by molar-refractivity contribution is 5.87. The van der Waals surface area contributed by atoms with Gasteiger partial charge in [0, 0.05) is 69.8 Å². The summed E-state index contributed by atoms with van der Waals surface area (Å²) in [5, 5.41) is 3.66. The van der Waals surface area contributed by atoms with Gasteiger partial charge in [-0.2, -0.15) is 0 Å². The van der Waals surface area contributed by atoms with Gasteiger partial charge in [-0.15, -0.1) is 0 Å². The predicted molar refractivity (Wildman–Crippen MR) is 148 cm³/mol. The van der Waals surface area contributed by atoms with Gasteiger partial charge in [-0.1, -0.05) is 12.6 Å². The minimum absolute atomic E-state index is 0.0391. The number of ether oxygens (including phenoxy) is 2. The van der Waals surface area contributed by atoms with Gasteiger partial charge < -0.3 is 19.7 Å². The Morgan fingerprint density at radius 3 is 2.76 bits per heavy atom. The van der Waals surface area contributed by atoms with Crippen molar-refractivity contribution in [2.75, 3.05) is 58.3 Å². The number of hydrogen-bond donors (Lipinski definition) is 1. The van der Waals surface area contributed by atoms with Crippen LogP contribution in [-0.4, -0.2) is 84.6 Å². The molecule has 4 aliphatic rings. The fraction of sp³-hybridized carbons (Fsp3) is 0.533. The molecular formula is C30H39N5O3. The zero-order valence-corrected chi connectivity index (χ0v) is 22.6. The van der Waals surface area contributed by atoms with E-state index in [1.807, 2.05) is 11.1 Å². The summed E-state index contributed by atoms with van der Waals surface area (Å²) in [5.41, 5.74) is 5.97.